The summed E-state index contributed by atoms with van der Waals surface area (Å²) in [5.41, 5.74) is 3.86. The van der Waals surface area contributed by atoms with Crippen molar-refractivity contribution in [2.24, 2.45) is 5.92 Å². The number of hydrogen-bond acceptors (Lipinski definition) is 5. The number of carbonyl (C=O) groups excluding carboxylic acids is 2. The zero-order chi connectivity index (χ0) is 21.7. The van der Waals surface area contributed by atoms with Crippen molar-refractivity contribution in [3.8, 4) is 0 Å². The maximum Gasteiger partial charge on any atom is 0.266 e. The van der Waals surface area contributed by atoms with E-state index in [0.717, 1.165) is 51.4 Å². The average molecular weight is 436 g/mol. The Balaban J connectivity index is 1.49. The van der Waals surface area contributed by atoms with Crippen LogP contribution in [0, 0.1) is 19.8 Å². The van der Waals surface area contributed by atoms with Crippen molar-refractivity contribution in [1.29, 1.82) is 0 Å². The Kier molecular flexibility index (Phi) is 4.89. The van der Waals surface area contributed by atoms with Crippen molar-refractivity contribution in [3.63, 3.8) is 0 Å². The van der Waals surface area contributed by atoms with E-state index in [1.165, 1.54) is 16.9 Å². The summed E-state index contributed by atoms with van der Waals surface area (Å²) in [6.07, 6.45) is 6.95. The number of aromatic amines is 1. The Hall–Kier alpha value is -3.00. The standard InChI is InChI=1S/C23H25N5O2S/c1-13-11-27(23(30)21-14(2)25-15(3)31-21)9-7-17(13)19-10-20(28(12-29)16-4-5-16)26-22-18(19)6-8-24-22/h6-8,10,12-13,16H,4-5,9,11H2,1-3H3,(H,24,26). The fraction of sp³-hybridized carbons (Fsp3) is 0.391. The van der Waals surface area contributed by atoms with Crippen LogP contribution >= 0.6 is 11.3 Å². The van der Waals surface area contributed by atoms with Crippen molar-refractivity contribution in [2.45, 2.75) is 39.7 Å². The number of H-pyrrole nitrogens is 1. The van der Waals surface area contributed by atoms with Gasteiger partial charge in [-0.05, 0) is 55.9 Å². The predicted octanol–water partition coefficient (Wildman–Crippen LogP) is 3.94. The highest BCUT2D eigenvalue weighted by atomic mass is 32.1. The third kappa shape index (κ3) is 3.54. The minimum Gasteiger partial charge on any atom is -0.346 e. The van der Waals surface area contributed by atoms with Crippen LogP contribution in [0.5, 0.6) is 0 Å². The van der Waals surface area contributed by atoms with Crippen molar-refractivity contribution in [2.75, 3.05) is 18.0 Å². The molecule has 5 rings (SSSR count). The van der Waals surface area contributed by atoms with E-state index in [1.807, 2.05) is 37.1 Å². The van der Waals surface area contributed by atoms with Gasteiger partial charge in [0, 0.05) is 30.7 Å². The number of hydrogen-bond donors (Lipinski definition) is 1. The summed E-state index contributed by atoms with van der Waals surface area (Å²) in [7, 11) is 0. The molecule has 1 unspecified atom stereocenters. The lowest BCUT2D eigenvalue weighted by Crippen LogP contribution is -2.38. The van der Waals surface area contributed by atoms with Crippen LogP contribution in [-0.4, -0.2) is 51.3 Å². The van der Waals surface area contributed by atoms with E-state index in [1.54, 1.807) is 4.90 Å². The van der Waals surface area contributed by atoms with Crippen molar-refractivity contribution in [3.05, 3.63) is 45.5 Å². The van der Waals surface area contributed by atoms with Gasteiger partial charge in [-0.3, -0.25) is 14.5 Å². The first-order valence-corrected chi connectivity index (χ1v) is 11.4. The molecule has 160 valence electrons. The minimum absolute atomic E-state index is 0.0494. The Morgan fingerprint density at radius 3 is 2.77 bits per heavy atom. The molecule has 0 saturated heterocycles. The van der Waals surface area contributed by atoms with Crippen LogP contribution in [0.1, 0.15) is 45.7 Å². The molecule has 1 fully saturated rings. The summed E-state index contributed by atoms with van der Waals surface area (Å²) in [6.45, 7) is 7.17. The molecule has 0 radical (unpaired) electrons. The normalized spacial score (nSPS) is 18.9. The van der Waals surface area contributed by atoms with Crippen LogP contribution in [0.3, 0.4) is 0 Å². The SMILES string of the molecule is Cc1nc(C)c(C(=O)N2CC=C(c3cc(N(C=O)C4CC4)nc4[nH]ccc34)C(C)C2)s1. The van der Waals surface area contributed by atoms with Crippen molar-refractivity contribution in [1.82, 2.24) is 19.9 Å². The number of aryl methyl sites for hydroxylation is 2. The Bertz CT molecular complexity index is 1210. The van der Waals surface area contributed by atoms with E-state index in [4.69, 9.17) is 0 Å². The Morgan fingerprint density at radius 1 is 1.32 bits per heavy atom. The topological polar surface area (TPSA) is 82.2 Å². The van der Waals surface area contributed by atoms with Gasteiger partial charge < -0.3 is 9.88 Å². The van der Waals surface area contributed by atoms with E-state index in [2.05, 4.69) is 28.0 Å². The average Bonchev–Trinajstić information content (AvgIpc) is 3.36. The van der Waals surface area contributed by atoms with Gasteiger partial charge in [-0.15, -0.1) is 11.3 Å². The molecule has 1 saturated carbocycles. The molecule has 1 atom stereocenters. The number of aromatic nitrogens is 3. The largest absolute Gasteiger partial charge is 0.346 e. The molecule has 4 heterocycles. The van der Waals surface area contributed by atoms with Gasteiger partial charge in [0.2, 0.25) is 6.41 Å². The molecule has 1 aliphatic carbocycles. The number of carbonyl (C=O) groups is 2. The fourth-order valence-corrected chi connectivity index (χ4v) is 5.29. The summed E-state index contributed by atoms with van der Waals surface area (Å²) < 4.78 is 0. The lowest BCUT2D eigenvalue weighted by atomic mass is 9.89. The summed E-state index contributed by atoms with van der Waals surface area (Å²) in [4.78, 5) is 41.4. The van der Waals surface area contributed by atoms with Gasteiger partial charge in [-0.25, -0.2) is 9.97 Å². The summed E-state index contributed by atoms with van der Waals surface area (Å²) in [5, 5.41) is 1.95. The molecule has 8 heteroatoms. The Labute approximate surface area is 184 Å². The molecule has 2 amide bonds. The molecule has 1 aliphatic heterocycles. The second kappa shape index (κ2) is 7.60. The molecular formula is C23H25N5O2S. The van der Waals surface area contributed by atoms with Gasteiger partial charge in [0.1, 0.15) is 16.3 Å². The highest BCUT2D eigenvalue weighted by Gasteiger charge is 2.32. The van der Waals surface area contributed by atoms with Gasteiger partial charge in [-0.2, -0.15) is 0 Å². The van der Waals surface area contributed by atoms with Gasteiger partial charge >= 0.3 is 0 Å². The minimum atomic E-state index is 0.0494. The number of rotatable bonds is 5. The molecule has 2 aliphatic rings. The van der Waals surface area contributed by atoms with E-state index in [9.17, 15) is 9.59 Å². The summed E-state index contributed by atoms with van der Waals surface area (Å²) in [6, 6.07) is 4.31. The van der Waals surface area contributed by atoms with Crippen LogP contribution in [0.2, 0.25) is 0 Å². The molecule has 3 aromatic rings. The first-order valence-electron chi connectivity index (χ1n) is 10.6. The van der Waals surface area contributed by atoms with Crippen LogP contribution in [0.25, 0.3) is 16.6 Å². The number of nitrogens with zero attached hydrogens (tertiary/aromatic N) is 4. The molecule has 0 aromatic carbocycles. The molecule has 1 N–H and O–H groups in total. The maximum absolute atomic E-state index is 13.1. The zero-order valence-corrected chi connectivity index (χ0v) is 18.7. The second-order valence-corrected chi connectivity index (χ2v) is 9.63. The predicted molar refractivity (Wildman–Crippen MR) is 122 cm³/mol. The quantitative estimate of drug-likeness (QED) is 0.616. The van der Waals surface area contributed by atoms with Crippen molar-refractivity contribution >= 4 is 46.1 Å². The van der Waals surface area contributed by atoms with Gasteiger partial charge in [0.15, 0.2) is 0 Å². The lowest BCUT2D eigenvalue weighted by molar-refractivity contribution is -0.107. The molecular weight excluding hydrogens is 410 g/mol. The van der Waals surface area contributed by atoms with Gasteiger partial charge in [-0.1, -0.05) is 13.0 Å². The van der Waals surface area contributed by atoms with Crippen LogP contribution in [0.4, 0.5) is 5.82 Å². The molecule has 7 nitrogen and oxygen atoms in total. The number of amides is 2. The number of fused-ring (bicyclic) bond motifs is 1. The van der Waals surface area contributed by atoms with E-state index >= 15 is 0 Å². The monoisotopic (exact) mass is 435 g/mol. The van der Waals surface area contributed by atoms with Crippen LogP contribution in [0.15, 0.2) is 24.4 Å². The first kappa shape index (κ1) is 19.9. The first-order chi connectivity index (χ1) is 15.0. The van der Waals surface area contributed by atoms with E-state index in [-0.39, 0.29) is 17.9 Å². The third-order valence-corrected chi connectivity index (χ3v) is 7.15. The molecule has 3 aromatic heterocycles. The molecule has 0 spiro atoms. The highest BCUT2D eigenvalue weighted by molar-refractivity contribution is 7.13. The fourth-order valence-electron chi connectivity index (χ4n) is 4.40. The van der Waals surface area contributed by atoms with Crippen LogP contribution < -0.4 is 4.90 Å². The number of anilines is 1. The second-order valence-electron chi connectivity index (χ2n) is 8.43. The number of nitrogens with one attached hydrogen (secondary N) is 1. The molecule has 31 heavy (non-hydrogen) atoms. The Morgan fingerprint density at radius 2 is 2.13 bits per heavy atom. The summed E-state index contributed by atoms with van der Waals surface area (Å²) in [5.74, 6) is 0.893. The molecule has 0 bridgehead atoms. The van der Waals surface area contributed by atoms with E-state index in [0.29, 0.717) is 18.9 Å². The number of thiazole rings is 1. The maximum atomic E-state index is 13.1. The van der Waals surface area contributed by atoms with E-state index < -0.39 is 0 Å². The van der Waals surface area contributed by atoms with Crippen LogP contribution in [-0.2, 0) is 4.79 Å². The van der Waals surface area contributed by atoms with Gasteiger partial charge in [0.25, 0.3) is 5.91 Å². The highest BCUT2D eigenvalue weighted by Crippen LogP contribution is 2.37. The smallest absolute Gasteiger partial charge is 0.266 e. The summed E-state index contributed by atoms with van der Waals surface area (Å²) >= 11 is 1.46. The zero-order valence-electron chi connectivity index (χ0n) is 17.9. The van der Waals surface area contributed by atoms with Gasteiger partial charge in [0.05, 0.1) is 10.7 Å². The number of pyridine rings is 1. The lowest BCUT2D eigenvalue weighted by Gasteiger charge is -2.31. The van der Waals surface area contributed by atoms with Crippen molar-refractivity contribution < 1.29 is 9.59 Å². The third-order valence-electron chi connectivity index (χ3n) is 6.09.